The molecule has 3 rings (SSSR count). The van der Waals surface area contributed by atoms with Crippen LogP contribution in [0.2, 0.25) is 0 Å². The molecule has 1 saturated heterocycles. The lowest BCUT2D eigenvalue weighted by Gasteiger charge is -2.31. The first-order chi connectivity index (χ1) is 7.84. The average molecular weight is 290 g/mol. The zero-order valence-corrected chi connectivity index (χ0v) is 11.5. The van der Waals surface area contributed by atoms with E-state index < -0.39 is 0 Å². The van der Waals surface area contributed by atoms with Crippen molar-refractivity contribution in [2.45, 2.75) is 18.9 Å². The normalized spacial score (nSPS) is 16.2. The summed E-state index contributed by atoms with van der Waals surface area (Å²) < 4.78 is 0. The SMILES string of the molecule is Cl.Cl.NC1CCN(c2ncnc3[nH]ccc23)CC1. The number of halogens is 2. The molecule has 1 aliphatic rings. The second-order valence-electron chi connectivity index (χ2n) is 4.26. The summed E-state index contributed by atoms with van der Waals surface area (Å²) in [6, 6.07) is 2.37. The van der Waals surface area contributed by atoms with Crippen LogP contribution >= 0.6 is 24.8 Å². The molecule has 3 N–H and O–H groups in total. The maximum Gasteiger partial charge on any atom is 0.142 e. The molecule has 0 spiro atoms. The predicted octanol–water partition coefficient (Wildman–Crippen LogP) is 1.73. The Labute approximate surface area is 118 Å². The van der Waals surface area contributed by atoms with Crippen LogP contribution in [0.1, 0.15) is 12.8 Å². The Hall–Kier alpha value is -1.04. The van der Waals surface area contributed by atoms with E-state index in [0.29, 0.717) is 6.04 Å². The van der Waals surface area contributed by atoms with Gasteiger partial charge in [0.25, 0.3) is 0 Å². The van der Waals surface area contributed by atoms with Gasteiger partial charge in [-0.2, -0.15) is 0 Å². The van der Waals surface area contributed by atoms with Crippen molar-refractivity contribution in [2.75, 3.05) is 18.0 Å². The number of rotatable bonds is 1. The fourth-order valence-corrected chi connectivity index (χ4v) is 2.22. The number of aromatic amines is 1. The summed E-state index contributed by atoms with van der Waals surface area (Å²) >= 11 is 0. The number of hydrogen-bond acceptors (Lipinski definition) is 4. The van der Waals surface area contributed by atoms with E-state index in [1.165, 1.54) is 0 Å². The van der Waals surface area contributed by atoms with Gasteiger partial charge in [-0.3, -0.25) is 0 Å². The Kier molecular flexibility index (Phi) is 5.19. The van der Waals surface area contributed by atoms with Crippen LogP contribution in [0.25, 0.3) is 11.0 Å². The van der Waals surface area contributed by atoms with Gasteiger partial charge in [-0.25, -0.2) is 9.97 Å². The van der Waals surface area contributed by atoms with Crippen LogP contribution in [-0.4, -0.2) is 34.1 Å². The fraction of sp³-hybridized carbons (Fsp3) is 0.455. The number of hydrogen-bond donors (Lipinski definition) is 2. The number of nitrogens with zero attached hydrogens (tertiary/aromatic N) is 3. The van der Waals surface area contributed by atoms with Crippen molar-refractivity contribution >= 4 is 41.7 Å². The van der Waals surface area contributed by atoms with Crippen LogP contribution in [0.5, 0.6) is 0 Å². The molecular weight excluding hydrogens is 273 g/mol. The number of H-pyrrole nitrogens is 1. The molecule has 18 heavy (non-hydrogen) atoms. The second-order valence-corrected chi connectivity index (χ2v) is 4.26. The average Bonchev–Trinajstić information content (AvgIpc) is 2.78. The van der Waals surface area contributed by atoms with Gasteiger partial charge in [0.15, 0.2) is 0 Å². The summed E-state index contributed by atoms with van der Waals surface area (Å²) in [4.78, 5) is 14.0. The second kappa shape index (κ2) is 6.22. The number of anilines is 1. The van der Waals surface area contributed by atoms with Crippen molar-refractivity contribution in [3.8, 4) is 0 Å². The van der Waals surface area contributed by atoms with Gasteiger partial charge >= 0.3 is 0 Å². The van der Waals surface area contributed by atoms with Gasteiger partial charge in [0, 0.05) is 25.3 Å². The van der Waals surface area contributed by atoms with E-state index in [2.05, 4.69) is 19.9 Å². The van der Waals surface area contributed by atoms with Crippen LogP contribution in [0.3, 0.4) is 0 Å². The lowest BCUT2D eigenvalue weighted by atomic mass is 10.1. The fourth-order valence-electron chi connectivity index (χ4n) is 2.22. The Morgan fingerprint density at radius 1 is 1.22 bits per heavy atom. The minimum absolute atomic E-state index is 0. The smallest absolute Gasteiger partial charge is 0.142 e. The largest absolute Gasteiger partial charge is 0.356 e. The van der Waals surface area contributed by atoms with Crippen LogP contribution < -0.4 is 10.6 Å². The van der Waals surface area contributed by atoms with Gasteiger partial charge in [-0.1, -0.05) is 0 Å². The molecule has 0 aliphatic carbocycles. The lowest BCUT2D eigenvalue weighted by molar-refractivity contribution is 0.499. The van der Waals surface area contributed by atoms with Gasteiger partial charge in [0.05, 0.1) is 5.39 Å². The zero-order chi connectivity index (χ0) is 11.0. The highest BCUT2D eigenvalue weighted by Crippen LogP contribution is 2.24. The summed E-state index contributed by atoms with van der Waals surface area (Å²) in [5, 5.41) is 1.10. The van der Waals surface area contributed by atoms with E-state index in [0.717, 1.165) is 42.8 Å². The van der Waals surface area contributed by atoms with E-state index in [9.17, 15) is 0 Å². The topological polar surface area (TPSA) is 70.8 Å². The zero-order valence-electron chi connectivity index (χ0n) is 9.87. The quantitative estimate of drug-likeness (QED) is 0.839. The van der Waals surface area contributed by atoms with Crippen molar-refractivity contribution in [3.63, 3.8) is 0 Å². The molecule has 0 saturated carbocycles. The minimum atomic E-state index is 0. The van der Waals surface area contributed by atoms with Crippen molar-refractivity contribution in [1.29, 1.82) is 0 Å². The number of fused-ring (bicyclic) bond motifs is 1. The molecule has 7 heteroatoms. The molecule has 0 radical (unpaired) electrons. The third kappa shape index (κ3) is 2.68. The molecule has 0 amide bonds. The number of nitrogens with one attached hydrogen (secondary N) is 1. The summed E-state index contributed by atoms with van der Waals surface area (Å²) in [5.74, 6) is 1.03. The first kappa shape index (κ1) is 15.0. The number of piperidine rings is 1. The molecule has 3 heterocycles. The Morgan fingerprint density at radius 3 is 2.67 bits per heavy atom. The molecule has 100 valence electrons. The molecular formula is C11H17Cl2N5. The summed E-state index contributed by atoms with van der Waals surface area (Å²) in [7, 11) is 0. The van der Waals surface area contributed by atoms with E-state index >= 15 is 0 Å². The first-order valence-electron chi connectivity index (χ1n) is 5.63. The third-order valence-corrected chi connectivity index (χ3v) is 3.17. The molecule has 0 bridgehead atoms. The van der Waals surface area contributed by atoms with Crippen molar-refractivity contribution < 1.29 is 0 Å². The van der Waals surface area contributed by atoms with Gasteiger partial charge in [0.1, 0.15) is 17.8 Å². The van der Waals surface area contributed by atoms with E-state index in [-0.39, 0.29) is 24.8 Å². The molecule has 1 fully saturated rings. The Bertz CT molecular complexity index is 493. The number of aromatic nitrogens is 3. The van der Waals surface area contributed by atoms with Crippen molar-refractivity contribution in [3.05, 3.63) is 18.6 Å². The van der Waals surface area contributed by atoms with Gasteiger partial charge in [-0.15, -0.1) is 24.8 Å². The molecule has 1 aliphatic heterocycles. The number of nitrogens with two attached hydrogens (primary N) is 1. The van der Waals surface area contributed by atoms with Crippen molar-refractivity contribution in [2.24, 2.45) is 5.73 Å². The van der Waals surface area contributed by atoms with Crippen LogP contribution in [-0.2, 0) is 0 Å². The molecule has 5 nitrogen and oxygen atoms in total. The third-order valence-electron chi connectivity index (χ3n) is 3.17. The molecule has 0 aromatic carbocycles. The lowest BCUT2D eigenvalue weighted by Crippen LogP contribution is -2.40. The Balaban J connectivity index is 0.000000810. The van der Waals surface area contributed by atoms with Crippen LogP contribution in [0, 0.1) is 0 Å². The molecule has 2 aromatic rings. The molecule has 0 atom stereocenters. The maximum atomic E-state index is 5.90. The predicted molar refractivity (Wildman–Crippen MR) is 77.8 cm³/mol. The highest BCUT2D eigenvalue weighted by molar-refractivity contribution is 5.87. The summed E-state index contributed by atoms with van der Waals surface area (Å²) in [5.41, 5.74) is 6.80. The van der Waals surface area contributed by atoms with E-state index in [1.807, 2.05) is 12.3 Å². The molecule has 0 unspecified atom stereocenters. The standard InChI is InChI=1S/C11H15N5.2ClH/c12-8-2-5-16(6-3-8)11-9-1-4-13-10(9)14-7-15-11;;/h1,4,7-8H,2-3,5-6,12H2,(H,13,14,15);2*1H. The monoisotopic (exact) mass is 289 g/mol. The summed E-state index contributed by atoms with van der Waals surface area (Å²) in [6.45, 7) is 1.97. The van der Waals surface area contributed by atoms with Crippen LogP contribution in [0.15, 0.2) is 18.6 Å². The van der Waals surface area contributed by atoms with E-state index in [1.54, 1.807) is 6.33 Å². The highest BCUT2D eigenvalue weighted by Gasteiger charge is 2.19. The summed E-state index contributed by atoms with van der Waals surface area (Å²) in [6.07, 6.45) is 5.59. The minimum Gasteiger partial charge on any atom is -0.356 e. The highest BCUT2D eigenvalue weighted by atomic mass is 35.5. The van der Waals surface area contributed by atoms with Crippen molar-refractivity contribution in [1.82, 2.24) is 15.0 Å². The molecule has 2 aromatic heterocycles. The Morgan fingerprint density at radius 2 is 1.94 bits per heavy atom. The van der Waals surface area contributed by atoms with Crippen LogP contribution in [0.4, 0.5) is 5.82 Å². The van der Waals surface area contributed by atoms with Gasteiger partial charge in [-0.05, 0) is 18.9 Å². The van der Waals surface area contributed by atoms with E-state index in [4.69, 9.17) is 5.73 Å². The van der Waals surface area contributed by atoms with Gasteiger partial charge < -0.3 is 15.6 Å². The first-order valence-corrected chi connectivity index (χ1v) is 5.63. The van der Waals surface area contributed by atoms with Gasteiger partial charge in [0.2, 0.25) is 0 Å². The maximum absolute atomic E-state index is 5.90.